The SMILES string of the molecule is CC(=O)N(C)c1cc(C(F)(F)F)cnc1NC1=NCC(c2cc3c(cn2)N(C(C)C)CC3)=N1. The first-order valence-corrected chi connectivity index (χ1v) is 10.5. The summed E-state index contributed by atoms with van der Waals surface area (Å²) in [5.74, 6) is -0.185. The number of hydrogen-bond acceptors (Lipinski definition) is 7. The van der Waals surface area contributed by atoms with Gasteiger partial charge in [0.25, 0.3) is 0 Å². The molecule has 0 saturated carbocycles. The van der Waals surface area contributed by atoms with Crippen LogP contribution in [0.4, 0.5) is 30.4 Å². The summed E-state index contributed by atoms with van der Waals surface area (Å²) in [6.45, 7) is 6.76. The molecule has 4 heterocycles. The molecule has 174 valence electrons. The molecule has 1 N–H and O–H groups in total. The molecule has 0 radical (unpaired) electrons. The molecule has 0 saturated heterocycles. The Labute approximate surface area is 189 Å². The predicted octanol–water partition coefficient (Wildman–Crippen LogP) is 3.52. The highest BCUT2D eigenvalue weighted by Gasteiger charge is 2.33. The van der Waals surface area contributed by atoms with Crippen molar-refractivity contribution in [2.75, 3.05) is 35.3 Å². The van der Waals surface area contributed by atoms with Gasteiger partial charge in [0, 0.05) is 32.8 Å². The summed E-state index contributed by atoms with van der Waals surface area (Å²) in [7, 11) is 1.38. The fraction of sp³-hybridized carbons (Fsp3) is 0.409. The Morgan fingerprint density at radius 2 is 1.97 bits per heavy atom. The molecule has 0 aromatic carbocycles. The Morgan fingerprint density at radius 1 is 1.21 bits per heavy atom. The number of aromatic nitrogens is 2. The second-order valence-electron chi connectivity index (χ2n) is 8.23. The smallest absolute Gasteiger partial charge is 0.367 e. The van der Waals surface area contributed by atoms with Crippen LogP contribution in [-0.2, 0) is 17.4 Å². The molecule has 8 nitrogen and oxygen atoms in total. The lowest BCUT2D eigenvalue weighted by molar-refractivity contribution is -0.137. The molecule has 0 atom stereocenters. The van der Waals surface area contributed by atoms with Crippen LogP contribution in [0, 0.1) is 0 Å². The van der Waals surface area contributed by atoms with E-state index < -0.39 is 17.6 Å². The van der Waals surface area contributed by atoms with Gasteiger partial charge in [-0.1, -0.05) is 0 Å². The second kappa shape index (κ2) is 8.45. The molecule has 1 amide bonds. The van der Waals surface area contributed by atoms with Gasteiger partial charge < -0.3 is 15.1 Å². The van der Waals surface area contributed by atoms with Crippen molar-refractivity contribution in [2.24, 2.45) is 9.98 Å². The van der Waals surface area contributed by atoms with Crippen molar-refractivity contribution < 1.29 is 18.0 Å². The van der Waals surface area contributed by atoms with Crippen LogP contribution in [0.25, 0.3) is 0 Å². The zero-order chi connectivity index (χ0) is 23.9. The molecule has 2 aromatic heterocycles. The summed E-state index contributed by atoms with van der Waals surface area (Å²) in [6.07, 6.45) is -1.09. The Balaban J connectivity index is 1.58. The largest absolute Gasteiger partial charge is 0.417 e. The fourth-order valence-electron chi connectivity index (χ4n) is 3.79. The molecule has 2 aliphatic rings. The summed E-state index contributed by atoms with van der Waals surface area (Å²) >= 11 is 0. The summed E-state index contributed by atoms with van der Waals surface area (Å²) in [6, 6.07) is 3.28. The molecule has 0 unspecified atom stereocenters. The van der Waals surface area contributed by atoms with Gasteiger partial charge in [-0.2, -0.15) is 13.2 Å². The number of rotatable bonds is 4. The Morgan fingerprint density at radius 3 is 2.64 bits per heavy atom. The van der Waals surface area contributed by atoms with Gasteiger partial charge in [-0.15, -0.1) is 0 Å². The lowest BCUT2D eigenvalue weighted by Crippen LogP contribution is -2.28. The number of nitrogens with zero attached hydrogens (tertiary/aromatic N) is 6. The summed E-state index contributed by atoms with van der Waals surface area (Å²) in [5, 5.41) is 2.85. The van der Waals surface area contributed by atoms with Crippen molar-refractivity contribution in [3.63, 3.8) is 0 Å². The monoisotopic (exact) mass is 459 g/mol. The lowest BCUT2D eigenvalue weighted by atomic mass is 10.1. The van der Waals surface area contributed by atoms with Crippen LogP contribution in [0.1, 0.15) is 37.6 Å². The standard InChI is InChI=1S/C22H24F3N7O/c1-12(2)32-6-5-14-7-16(26-11-19(14)32)17-10-28-21(29-17)30-20-18(31(4)13(3)33)8-15(9-27-20)22(23,24)25/h7-9,11-12H,5-6,10H2,1-4H3,(H,27,28,30). The molecule has 0 bridgehead atoms. The predicted molar refractivity (Wildman–Crippen MR) is 121 cm³/mol. The van der Waals surface area contributed by atoms with Gasteiger partial charge >= 0.3 is 6.18 Å². The minimum atomic E-state index is -4.58. The van der Waals surface area contributed by atoms with Crippen LogP contribution in [0.5, 0.6) is 0 Å². The van der Waals surface area contributed by atoms with E-state index in [1.165, 1.54) is 19.5 Å². The highest BCUT2D eigenvalue weighted by atomic mass is 19.4. The van der Waals surface area contributed by atoms with Gasteiger partial charge in [-0.25, -0.2) is 15.0 Å². The first kappa shape index (κ1) is 22.7. The van der Waals surface area contributed by atoms with Gasteiger partial charge in [0.2, 0.25) is 11.9 Å². The summed E-state index contributed by atoms with van der Waals surface area (Å²) < 4.78 is 39.5. The number of halogens is 3. The normalized spacial score (nSPS) is 15.5. The third kappa shape index (κ3) is 4.53. The number of hydrogen-bond donors (Lipinski definition) is 1. The molecule has 0 aliphatic carbocycles. The zero-order valence-electron chi connectivity index (χ0n) is 18.7. The van der Waals surface area contributed by atoms with Gasteiger partial charge in [-0.3, -0.25) is 9.78 Å². The van der Waals surface area contributed by atoms with Crippen LogP contribution in [0.2, 0.25) is 0 Å². The average Bonchev–Trinajstić information content (AvgIpc) is 3.39. The van der Waals surface area contributed by atoms with E-state index >= 15 is 0 Å². The van der Waals surface area contributed by atoms with Crippen molar-refractivity contribution in [1.82, 2.24) is 9.97 Å². The van der Waals surface area contributed by atoms with E-state index in [1.54, 1.807) is 0 Å². The van der Waals surface area contributed by atoms with Crippen molar-refractivity contribution in [1.29, 1.82) is 0 Å². The van der Waals surface area contributed by atoms with E-state index in [0.29, 0.717) is 23.6 Å². The molecule has 2 aromatic rings. The Hall–Kier alpha value is -3.50. The van der Waals surface area contributed by atoms with Crippen LogP contribution in [0.3, 0.4) is 0 Å². The van der Waals surface area contributed by atoms with Crippen LogP contribution < -0.4 is 15.1 Å². The highest BCUT2D eigenvalue weighted by Crippen LogP contribution is 2.34. The maximum Gasteiger partial charge on any atom is 0.417 e. The molecule has 4 rings (SSSR count). The highest BCUT2D eigenvalue weighted by molar-refractivity contribution is 6.15. The molecule has 2 aliphatic heterocycles. The first-order chi connectivity index (χ1) is 15.5. The maximum atomic E-state index is 13.2. The quantitative estimate of drug-likeness (QED) is 0.756. The van der Waals surface area contributed by atoms with E-state index in [9.17, 15) is 18.0 Å². The van der Waals surface area contributed by atoms with Crippen molar-refractivity contribution in [3.8, 4) is 0 Å². The van der Waals surface area contributed by atoms with Crippen LogP contribution in [-0.4, -0.2) is 53.7 Å². The third-order valence-electron chi connectivity index (χ3n) is 5.69. The van der Waals surface area contributed by atoms with Gasteiger partial charge in [-0.05, 0) is 38.0 Å². The molecule has 0 fully saturated rings. The minimum Gasteiger partial charge on any atom is -0.367 e. The minimum absolute atomic E-state index is 0.0203. The molecular formula is C22H24F3N7O. The van der Waals surface area contributed by atoms with E-state index in [-0.39, 0.29) is 24.0 Å². The third-order valence-corrected chi connectivity index (χ3v) is 5.69. The van der Waals surface area contributed by atoms with Crippen LogP contribution in [0.15, 0.2) is 34.5 Å². The fourth-order valence-corrected chi connectivity index (χ4v) is 3.79. The van der Waals surface area contributed by atoms with E-state index in [4.69, 9.17) is 0 Å². The number of carbonyl (C=O) groups is 1. The number of alkyl halides is 3. The van der Waals surface area contributed by atoms with Gasteiger partial charge in [0.05, 0.1) is 41.1 Å². The number of aliphatic imine (C=N–C) groups is 2. The average molecular weight is 459 g/mol. The van der Waals surface area contributed by atoms with Crippen molar-refractivity contribution in [2.45, 2.75) is 39.4 Å². The number of guanidine groups is 1. The number of nitrogens with one attached hydrogen (secondary N) is 1. The summed E-state index contributed by atoms with van der Waals surface area (Å²) in [5.41, 5.74) is 2.71. The van der Waals surface area contributed by atoms with Gasteiger partial charge in [0.1, 0.15) is 0 Å². The van der Waals surface area contributed by atoms with E-state index in [0.717, 1.165) is 29.6 Å². The Bertz CT molecular complexity index is 1160. The first-order valence-electron chi connectivity index (χ1n) is 10.5. The molecular weight excluding hydrogens is 435 g/mol. The molecule has 33 heavy (non-hydrogen) atoms. The molecule has 0 spiro atoms. The number of pyridine rings is 2. The zero-order valence-corrected chi connectivity index (χ0v) is 18.7. The number of fused-ring (bicyclic) bond motifs is 1. The number of carbonyl (C=O) groups excluding carboxylic acids is 1. The van der Waals surface area contributed by atoms with Gasteiger partial charge in [0.15, 0.2) is 5.82 Å². The topological polar surface area (TPSA) is 86.1 Å². The van der Waals surface area contributed by atoms with Crippen LogP contribution >= 0.6 is 0 Å². The number of anilines is 3. The summed E-state index contributed by atoms with van der Waals surface area (Å²) in [4.78, 5) is 32.4. The Kier molecular flexibility index (Phi) is 5.81. The van der Waals surface area contributed by atoms with Crippen molar-refractivity contribution in [3.05, 3.63) is 41.3 Å². The number of amides is 1. The van der Waals surface area contributed by atoms with Crippen molar-refractivity contribution >= 4 is 34.8 Å². The van der Waals surface area contributed by atoms with E-state index in [2.05, 4.69) is 44.0 Å². The lowest BCUT2D eigenvalue weighted by Gasteiger charge is -2.23. The second-order valence-corrected chi connectivity index (χ2v) is 8.23. The molecule has 11 heteroatoms. The van der Waals surface area contributed by atoms with E-state index in [1.807, 2.05) is 12.3 Å². The maximum absolute atomic E-state index is 13.2.